The lowest BCUT2D eigenvalue weighted by Crippen LogP contribution is -2.51. The molecule has 2 aromatic carbocycles. The van der Waals surface area contributed by atoms with E-state index < -0.39 is 17.5 Å². The van der Waals surface area contributed by atoms with Crippen LogP contribution in [0.3, 0.4) is 0 Å². The smallest absolute Gasteiger partial charge is 0.251 e. The van der Waals surface area contributed by atoms with Crippen LogP contribution in [-0.4, -0.2) is 60.9 Å². The van der Waals surface area contributed by atoms with Crippen molar-refractivity contribution in [3.05, 3.63) is 77.4 Å². The van der Waals surface area contributed by atoms with Crippen molar-refractivity contribution in [2.75, 3.05) is 39.3 Å². The van der Waals surface area contributed by atoms with Gasteiger partial charge in [-0.05, 0) is 17.7 Å². The SMILES string of the molecule is O=C(NCC(=O)N1CCN(CC=Cc2ccccc2)CC1)c1cc(F)cc(F)c1. The van der Waals surface area contributed by atoms with Crippen LogP contribution in [0, 0.1) is 11.6 Å². The van der Waals surface area contributed by atoms with E-state index in [1.165, 1.54) is 0 Å². The van der Waals surface area contributed by atoms with Gasteiger partial charge in [-0.1, -0.05) is 42.5 Å². The highest BCUT2D eigenvalue weighted by Gasteiger charge is 2.21. The van der Waals surface area contributed by atoms with Gasteiger partial charge in [-0.15, -0.1) is 0 Å². The number of halogens is 2. The third-order valence-corrected chi connectivity index (χ3v) is 4.72. The Kier molecular flexibility index (Phi) is 7.08. The van der Waals surface area contributed by atoms with Crippen LogP contribution < -0.4 is 5.32 Å². The molecule has 0 aromatic heterocycles. The molecule has 0 aliphatic carbocycles. The molecule has 3 rings (SSSR count). The first-order valence-electron chi connectivity index (χ1n) is 9.47. The lowest BCUT2D eigenvalue weighted by molar-refractivity contribution is -0.131. The fraction of sp³-hybridized carbons (Fsp3) is 0.273. The molecule has 1 heterocycles. The van der Waals surface area contributed by atoms with Crippen LogP contribution in [0.5, 0.6) is 0 Å². The molecule has 1 saturated heterocycles. The summed E-state index contributed by atoms with van der Waals surface area (Å²) in [6, 6.07) is 12.6. The highest BCUT2D eigenvalue weighted by molar-refractivity contribution is 5.96. The zero-order valence-corrected chi connectivity index (χ0v) is 16.0. The summed E-state index contributed by atoms with van der Waals surface area (Å²) in [5, 5.41) is 2.43. The average Bonchev–Trinajstić information content (AvgIpc) is 2.72. The lowest BCUT2D eigenvalue weighted by Gasteiger charge is -2.34. The van der Waals surface area contributed by atoms with E-state index in [4.69, 9.17) is 0 Å². The Balaban J connectivity index is 1.40. The van der Waals surface area contributed by atoms with Crippen molar-refractivity contribution >= 4 is 17.9 Å². The van der Waals surface area contributed by atoms with E-state index in [0.29, 0.717) is 19.2 Å². The maximum atomic E-state index is 13.2. The second-order valence-electron chi connectivity index (χ2n) is 6.84. The number of hydrogen-bond donors (Lipinski definition) is 1. The first kappa shape index (κ1) is 20.7. The molecule has 2 amide bonds. The number of piperazine rings is 1. The van der Waals surface area contributed by atoms with Gasteiger partial charge in [0.2, 0.25) is 5.91 Å². The normalized spacial score (nSPS) is 14.9. The molecule has 0 bridgehead atoms. The van der Waals surface area contributed by atoms with Crippen molar-refractivity contribution in [1.82, 2.24) is 15.1 Å². The minimum atomic E-state index is -0.834. The first-order chi connectivity index (χ1) is 14.0. The molecule has 1 fully saturated rings. The van der Waals surface area contributed by atoms with Gasteiger partial charge < -0.3 is 10.2 Å². The van der Waals surface area contributed by atoms with E-state index in [-0.39, 0.29) is 18.0 Å². The maximum absolute atomic E-state index is 13.2. The van der Waals surface area contributed by atoms with Crippen molar-refractivity contribution in [2.24, 2.45) is 0 Å². The highest BCUT2D eigenvalue weighted by Crippen LogP contribution is 2.08. The van der Waals surface area contributed by atoms with Crippen molar-refractivity contribution in [3.63, 3.8) is 0 Å². The fourth-order valence-corrected chi connectivity index (χ4v) is 3.14. The maximum Gasteiger partial charge on any atom is 0.251 e. The molecule has 29 heavy (non-hydrogen) atoms. The summed E-state index contributed by atoms with van der Waals surface area (Å²) in [6.07, 6.45) is 4.17. The molecule has 152 valence electrons. The third-order valence-electron chi connectivity index (χ3n) is 4.72. The Morgan fingerprint density at radius 1 is 0.966 bits per heavy atom. The van der Waals surface area contributed by atoms with Gasteiger partial charge >= 0.3 is 0 Å². The Morgan fingerprint density at radius 3 is 2.28 bits per heavy atom. The summed E-state index contributed by atoms with van der Waals surface area (Å²) in [7, 11) is 0. The van der Waals surface area contributed by atoms with E-state index in [1.807, 2.05) is 30.3 Å². The molecule has 1 aliphatic heterocycles. The Labute approximate surface area is 168 Å². The molecule has 7 heteroatoms. The number of benzene rings is 2. The van der Waals surface area contributed by atoms with Gasteiger partial charge in [0.25, 0.3) is 5.91 Å². The van der Waals surface area contributed by atoms with E-state index in [1.54, 1.807) is 4.90 Å². The number of rotatable bonds is 6. The number of hydrogen-bond acceptors (Lipinski definition) is 3. The van der Waals surface area contributed by atoms with Crippen molar-refractivity contribution in [1.29, 1.82) is 0 Å². The summed E-state index contributed by atoms with van der Waals surface area (Å²) in [5.41, 5.74) is 1.00. The summed E-state index contributed by atoms with van der Waals surface area (Å²) < 4.78 is 26.4. The first-order valence-corrected chi connectivity index (χ1v) is 9.47. The van der Waals surface area contributed by atoms with Crippen LogP contribution in [0.25, 0.3) is 6.08 Å². The average molecular weight is 399 g/mol. The van der Waals surface area contributed by atoms with Gasteiger partial charge in [0.05, 0.1) is 6.54 Å². The largest absolute Gasteiger partial charge is 0.343 e. The predicted octanol–water partition coefficient (Wildman–Crippen LogP) is 2.55. The molecule has 0 spiro atoms. The van der Waals surface area contributed by atoms with Gasteiger partial charge in [-0.2, -0.15) is 0 Å². The second-order valence-corrected chi connectivity index (χ2v) is 6.84. The quantitative estimate of drug-likeness (QED) is 0.812. The highest BCUT2D eigenvalue weighted by atomic mass is 19.1. The Morgan fingerprint density at radius 2 is 1.62 bits per heavy atom. The number of amides is 2. The monoisotopic (exact) mass is 399 g/mol. The molecular weight excluding hydrogens is 376 g/mol. The Bertz CT molecular complexity index is 859. The van der Waals surface area contributed by atoms with Crippen LogP contribution in [0.4, 0.5) is 8.78 Å². The number of nitrogens with one attached hydrogen (secondary N) is 1. The number of nitrogens with zero attached hydrogens (tertiary/aromatic N) is 2. The van der Waals surface area contributed by atoms with E-state index in [9.17, 15) is 18.4 Å². The van der Waals surface area contributed by atoms with Gasteiger partial charge in [-0.3, -0.25) is 14.5 Å². The van der Waals surface area contributed by atoms with Crippen LogP contribution in [0.15, 0.2) is 54.6 Å². The molecule has 1 N–H and O–H groups in total. The lowest BCUT2D eigenvalue weighted by atomic mass is 10.2. The zero-order chi connectivity index (χ0) is 20.6. The molecular formula is C22H23F2N3O2. The van der Waals surface area contributed by atoms with Crippen LogP contribution in [0.2, 0.25) is 0 Å². The van der Waals surface area contributed by atoms with Gasteiger partial charge in [-0.25, -0.2) is 8.78 Å². The van der Waals surface area contributed by atoms with Gasteiger partial charge in [0.15, 0.2) is 0 Å². The van der Waals surface area contributed by atoms with Crippen molar-refractivity contribution < 1.29 is 18.4 Å². The van der Waals surface area contributed by atoms with Gasteiger partial charge in [0, 0.05) is 44.4 Å². The van der Waals surface area contributed by atoms with E-state index in [0.717, 1.165) is 37.3 Å². The summed E-state index contributed by atoms with van der Waals surface area (Å²) in [5.74, 6) is -2.56. The van der Waals surface area contributed by atoms with Gasteiger partial charge in [0.1, 0.15) is 11.6 Å². The number of carbonyl (C=O) groups is 2. The minimum absolute atomic E-state index is 0.148. The molecule has 0 unspecified atom stereocenters. The van der Waals surface area contributed by atoms with Crippen molar-refractivity contribution in [3.8, 4) is 0 Å². The molecule has 2 aromatic rings. The minimum Gasteiger partial charge on any atom is -0.343 e. The fourth-order valence-electron chi connectivity index (χ4n) is 3.14. The molecule has 0 saturated carbocycles. The van der Waals surface area contributed by atoms with Crippen LogP contribution >= 0.6 is 0 Å². The molecule has 1 aliphatic rings. The third kappa shape index (κ3) is 6.22. The van der Waals surface area contributed by atoms with Crippen molar-refractivity contribution in [2.45, 2.75) is 0 Å². The second kappa shape index (κ2) is 9.93. The molecule has 5 nitrogen and oxygen atoms in total. The van der Waals surface area contributed by atoms with Crippen LogP contribution in [0.1, 0.15) is 15.9 Å². The van der Waals surface area contributed by atoms with E-state index >= 15 is 0 Å². The van der Waals surface area contributed by atoms with Crippen LogP contribution in [-0.2, 0) is 4.79 Å². The summed E-state index contributed by atoms with van der Waals surface area (Å²) >= 11 is 0. The summed E-state index contributed by atoms with van der Waals surface area (Å²) in [4.78, 5) is 28.2. The zero-order valence-electron chi connectivity index (χ0n) is 16.0. The van der Waals surface area contributed by atoms with E-state index in [2.05, 4.69) is 22.4 Å². The number of carbonyl (C=O) groups excluding carboxylic acids is 2. The molecule has 0 atom stereocenters. The molecule has 0 radical (unpaired) electrons. The predicted molar refractivity (Wildman–Crippen MR) is 107 cm³/mol. The summed E-state index contributed by atoms with van der Waals surface area (Å²) in [6.45, 7) is 3.23. The standard InChI is InChI=1S/C22H23F2N3O2/c23-19-13-18(14-20(24)15-19)22(29)25-16-21(28)27-11-9-26(10-12-27)8-4-7-17-5-2-1-3-6-17/h1-7,13-15H,8-12,16H2,(H,25,29). The Hall–Kier alpha value is -3.06. The topological polar surface area (TPSA) is 52.7 Å².